The molecule has 0 spiro atoms. The average Bonchev–Trinajstić information content (AvgIpc) is 2.32. The van der Waals surface area contributed by atoms with Gasteiger partial charge in [-0.2, -0.15) is 0 Å². The maximum atomic E-state index is 11.6. The van der Waals surface area contributed by atoms with Gasteiger partial charge < -0.3 is 19.7 Å². The summed E-state index contributed by atoms with van der Waals surface area (Å²) >= 11 is 0. The fourth-order valence-electron chi connectivity index (χ4n) is 1.72. The molecule has 5 heteroatoms. The molecule has 0 aromatic heterocycles. The Labute approximate surface area is 117 Å². The first-order chi connectivity index (χ1) is 8.86. The molecule has 114 valence electrons. The molecule has 0 saturated carbocycles. The van der Waals surface area contributed by atoms with Gasteiger partial charge in [0.1, 0.15) is 6.04 Å². The van der Waals surface area contributed by atoms with Crippen LogP contribution in [0.2, 0.25) is 0 Å². The Morgan fingerprint density at radius 3 is 2.32 bits per heavy atom. The molecule has 0 saturated heterocycles. The van der Waals surface area contributed by atoms with Gasteiger partial charge in [-0.1, -0.05) is 13.8 Å². The molecule has 19 heavy (non-hydrogen) atoms. The van der Waals surface area contributed by atoms with Gasteiger partial charge >= 0.3 is 5.97 Å². The zero-order chi connectivity index (χ0) is 14.8. The minimum absolute atomic E-state index is 0.194. The van der Waals surface area contributed by atoms with E-state index >= 15 is 0 Å². The van der Waals surface area contributed by atoms with Crippen molar-refractivity contribution in [1.29, 1.82) is 0 Å². The number of rotatable bonds is 10. The minimum atomic E-state index is -0.238. The van der Waals surface area contributed by atoms with E-state index in [0.717, 1.165) is 19.5 Å². The highest BCUT2D eigenvalue weighted by atomic mass is 16.5. The first kappa shape index (κ1) is 18.4. The van der Waals surface area contributed by atoms with Gasteiger partial charge in [0.25, 0.3) is 0 Å². The molecule has 0 radical (unpaired) electrons. The summed E-state index contributed by atoms with van der Waals surface area (Å²) in [6.07, 6.45) is 1.00. The standard InChI is InChI=1S/C14H30N2O3/c1-11(2)15-13(14(17)18-6)7-8-16(5)9-10-19-12(3)4/h11-13,15H,7-10H2,1-6H3. The van der Waals surface area contributed by atoms with Crippen LogP contribution in [0.3, 0.4) is 0 Å². The van der Waals surface area contributed by atoms with Crippen molar-refractivity contribution in [2.75, 3.05) is 33.9 Å². The number of nitrogens with zero attached hydrogens (tertiary/aromatic N) is 1. The van der Waals surface area contributed by atoms with E-state index in [2.05, 4.69) is 10.2 Å². The summed E-state index contributed by atoms with van der Waals surface area (Å²) in [5, 5.41) is 3.23. The molecule has 0 aromatic rings. The van der Waals surface area contributed by atoms with Gasteiger partial charge in [-0.15, -0.1) is 0 Å². The van der Waals surface area contributed by atoms with E-state index in [-0.39, 0.29) is 24.2 Å². The lowest BCUT2D eigenvalue weighted by Crippen LogP contribution is -2.43. The Morgan fingerprint density at radius 1 is 1.21 bits per heavy atom. The van der Waals surface area contributed by atoms with Gasteiger partial charge in [-0.05, 0) is 33.9 Å². The first-order valence-electron chi connectivity index (χ1n) is 7.00. The van der Waals surface area contributed by atoms with Crippen molar-refractivity contribution >= 4 is 5.97 Å². The maximum Gasteiger partial charge on any atom is 0.322 e. The highest BCUT2D eigenvalue weighted by Gasteiger charge is 2.19. The van der Waals surface area contributed by atoms with Gasteiger partial charge in [0, 0.05) is 12.6 Å². The third-order valence-electron chi connectivity index (χ3n) is 2.74. The van der Waals surface area contributed by atoms with Gasteiger partial charge in [-0.3, -0.25) is 4.79 Å². The second kappa shape index (κ2) is 10.2. The second-order valence-electron chi connectivity index (χ2n) is 5.41. The zero-order valence-corrected chi connectivity index (χ0v) is 13.2. The van der Waals surface area contributed by atoms with Gasteiger partial charge in [-0.25, -0.2) is 0 Å². The predicted octanol–water partition coefficient (Wildman–Crippen LogP) is 1.27. The maximum absolute atomic E-state index is 11.6. The first-order valence-corrected chi connectivity index (χ1v) is 7.00. The number of likely N-dealkylation sites (N-methyl/N-ethyl adjacent to an activating group) is 1. The van der Waals surface area contributed by atoms with Crippen LogP contribution in [0.1, 0.15) is 34.1 Å². The number of hydrogen-bond donors (Lipinski definition) is 1. The van der Waals surface area contributed by atoms with E-state index in [1.54, 1.807) is 0 Å². The van der Waals surface area contributed by atoms with Crippen molar-refractivity contribution in [3.8, 4) is 0 Å². The summed E-state index contributed by atoms with van der Waals surface area (Å²) in [5.74, 6) is -0.194. The van der Waals surface area contributed by atoms with Gasteiger partial charge in [0.05, 0.1) is 19.8 Å². The number of carbonyl (C=O) groups is 1. The molecule has 0 fully saturated rings. The van der Waals surface area contributed by atoms with E-state index in [4.69, 9.17) is 9.47 Å². The monoisotopic (exact) mass is 274 g/mol. The second-order valence-corrected chi connectivity index (χ2v) is 5.41. The Morgan fingerprint density at radius 2 is 1.84 bits per heavy atom. The Kier molecular flexibility index (Phi) is 9.83. The Bertz CT molecular complexity index is 245. The lowest BCUT2D eigenvalue weighted by Gasteiger charge is -2.23. The molecule has 0 aliphatic heterocycles. The van der Waals surface area contributed by atoms with E-state index in [9.17, 15) is 4.79 Å². The number of carbonyl (C=O) groups excluding carboxylic acids is 1. The fourth-order valence-corrected chi connectivity index (χ4v) is 1.72. The van der Waals surface area contributed by atoms with E-state index in [0.29, 0.717) is 6.61 Å². The van der Waals surface area contributed by atoms with Crippen molar-refractivity contribution < 1.29 is 14.3 Å². The molecule has 1 atom stereocenters. The van der Waals surface area contributed by atoms with Crippen molar-refractivity contribution in [1.82, 2.24) is 10.2 Å². The third kappa shape index (κ3) is 9.87. The summed E-state index contributed by atoms with van der Waals surface area (Å²) in [6, 6.07) is 0.0251. The van der Waals surface area contributed by atoms with E-state index in [1.165, 1.54) is 7.11 Å². The van der Waals surface area contributed by atoms with Crippen molar-refractivity contribution in [3.05, 3.63) is 0 Å². The number of nitrogens with one attached hydrogen (secondary N) is 1. The van der Waals surface area contributed by atoms with Crippen LogP contribution in [-0.2, 0) is 14.3 Å². The number of esters is 1. The Hall–Kier alpha value is -0.650. The molecule has 0 aliphatic carbocycles. The van der Waals surface area contributed by atoms with E-state index < -0.39 is 0 Å². The number of hydrogen-bond acceptors (Lipinski definition) is 5. The van der Waals surface area contributed by atoms with Gasteiger partial charge in [0.15, 0.2) is 0 Å². The highest BCUT2D eigenvalue weighted by molar-refractivity contribution is 5.75. The highest BCUT2D eigenvalue weighted by Crippen LogP contribution is 2.00. The number of methoxy groups -OCH3 is 1. The molecule has 5 nitrogen and oxygen atoms in total. The molecule has 0 heterocycles. The predicted molar refractivity (Wildman–Crippen MR) is 77.3 cm³/mol. The molecule has 0 amide bonds. The average molecular weight is 274 g/mol. The molecular formula is C14H30N2O3. The molecule has 0 aromatic carbocycles. The number of ether oxygens (including phenoxy) is 2. The van der Waals surface area contributed by atoms with E-state index in [1.807, 2.05) is 34.7 Å². The smallest absolute Gasteiger partial charge is 0.322 e. The van der Waals surface area contributed by atoms with Gasteiger partial charge in [0.2, 0.25) is 0 Å². The quantitative estimate of drug-likeness (QED) is 0.608. The van der Waals surface area contributed by atoms with Crippen molar-refractivity contribution in [3.63, 3.8) is 0 Å². The van der Waals surface area contributed by atoms with Crippen LogP contribution >= 0.6 is 0 Å². The summed E-state index contributed by atoms with van der Waals surface area (Å²) in [6.45, 7) is 10.5. The minimum Gasteiger partial charge on any atom is -0.468 e. The molecule has 1 unspecified atom stereocenters. The largest absolute Gasteiger partial charge is 0.468 e. The summed E-state index contributed by atoms with van der Waals surface area (Å²) in [4.78, 5) is 13.8. The molecule has 0 bridgehead atoms. The molecule has 1 N–H and O–H groups in total. The van der Waals surface area contributed by atoms with Crippen LogP contribution in [0.4, 0.5) is 0 Å². The third-order valence-corrected chi connectivity index (χ3v) is 2.74. The van der Waals surface area contributed by atoms with Crippen molar-refractivity contribution in [2.45, 2.75) is 52.3 Å². The molecule has 0 rings (SSSR count). The van der Waals surface area contributed by atoms with Crippen LogP contribution in [0.5, 0.6) is 0 Å². The summed E-state index contributed by atoms with van der Waals surface area (Å²) in [5.41, 5.74) is 0. The van der Waals surface area contributed by atoms with Crippen LogP contribution in [0.25, 0.3) is 0 Å². The molecule has 0 aliphatic rings. The normalized spacial score (nSPS) is 13.3. The lowest BCUT2D eigenvalue weighted by molar-refractivity contribution is -0.143. The Balaban J connectivity index is 3.98. The topological polar surface area (TPSA) is 50.8 Å². The fraction of sp³-hybridized carbons (Fsp3) is 0.929. The molecular weight excluding hydrogens is 244 g/mol. The summed E-state index contributed by atoms with van der Waals surface area (Å²) < 4.78 is 10.3. The lowest BCUT2D eigenvalue weighted by atomic mass is 10.1. The van der Waals surface area contributed by atoms with Crippen LogP contribution in [-0.4, -0.2) is 62.9 Å². The van der Waals surface area contributed by atoms with Crippen LogP contribution in [0, 0.1) is 0 Å². The van der Waals surface area contributed by atoms with Crippen LogP contribution in [0.15, 0.2) is 0 Å². The zero-order valence-electron chi connectivity index (χ0n) is 13.2. The van der Waals surface area contributed by atoms with Crippen molar-refractivity contribution in [2.24, 2.45) is 0 Å². The summed E-state index contributed by atoms with van der Waals surface area (Å²) in [7, 11) is 3.46. The SMILES string of the molecule is COC(=O)C(CCN(C)CCOC(C)C)NC(C)C. The van der Waals surface area contributed by atoms with Crippen LogP contribution < -0.4 is 5.32 Å².